The van der Waals surface area contributed by atoms with Crippen molar-refractivity contribution in [2.24, 2.45) is 0 Å². The van der Waals surface area contributed by atoms with Gasteiger partial charge in [-0.3, -0.25) is 4.79 Å². The molecule has 0 spiro atoms. The fraction of sp³-hybridized carbons (Fsp3) is 0.462. The van der Waals surface area contributed by atoms with E-state index in [1.165, 1.54) is 7.05 Å². The van der Waals surface area contributed by atoms with E-state index in [4.69, 9.17) is 9.84 Å². The van der Waals surface area contributed by atoms with Crippen LogP contribution in [0.4, 0.5) is 0 Å². The molecule has 0 radical (unpaired) electrons. The molecule has 21 heavy (non-hydrogen) atoms. The normalized spacial score (nSPS) is 11.8. The molecule has 7 nitrogen and oxygen atoms in total. The Morgan fingerprint density at radius 3 is 2.52 bits per heavy atom. The summed E-state index contributed by atoms with van der Waals surface area (Å²) < 4.78 is 32.4. The van der Waals surface area contributed by atoms with Gasteiger partial charge in [0.1, 0.15) is 0 Å². The van der Waals surface area contributed by atoms with Crippen molar-refractivity contribution in [1.29, 1.82) is 0 Å². The number of carboxylic acid groups (broad SMARTS) is 1. The molecule has 0 amide bonds. The summed E-state index contributed by atoms with van der Waals surface area (Å²) in [5.41, 5.74) is 1.71. The Hall–Kier alpha value is -1.48. The predicted molar refractivity (Wildman–Crippen MR) is 77.8 cm³/mol. The van der Waals surface area contributed by atoms with Gasteiger partial charge in [0, 0.05) is 27.2 Å². The first-order valence-electron chi connectivity index (χ1n) is 6.35. The lowest BCUT2D eigenvalue weighted by Gasteiger charge is -2.17. The van der Waals surface area contributed by atoms with Crippen LogP contribution in [0.1, 0.15) is 17.5 Å². The minimum absolute atomic E-state index is 0.0790. The van der Waals surface area contributed by atoms with E-state index in [9.17, 15) is 13.2 Å². The number of ether oxygens (including phenoxy) is 1. The van der Waals surface area contributed by atoms with Crippen LogP contribution < -0.4 is 4.72 Å². The Kier molecular flexibility index (Phi) is 6.76. The molecule has 0 aliphatic heterocycles. The van der Waals surface area contributed by atoms with Crippen LogP contribution in [0.3, 0.4) is 0 Å². The van der Waals surface area contributed by atoms with Gasteiger partial charge in [-0.05, 0) is 11.1 Å². The monoisotopic (exact) mass is 316 g/mol. The van der Waals surface area contributed by atoms with E-state index < -0.39 is 16.2 Å². The molecule has 0 aliphatic carbocycles. The van der Waals surface area contributed by atoms with Crippen molar-refractivity contribution in [3.63, 3.8) is 0 Å². The van der Waals surface area contributed by atoms with Gasteiger partial charge in [-0.15, -0.1) is 0 Å². The van der Waals surface area contributed by atoms with Crippen LogP contribution in [0.25, 0.3) is 0 Å². The molecule has 0 saturated carbocycles. The van der Waals surface area contributed by atoms with Crippen molar-refractivity contribution in [2.45, 2.75) is 19.6 Å². The van der Waals surface area contributed by atoms with Gasteiger partial charge < -0.3 is 9.84 Å². The standard InChI is InChI=1S/C13H20N2O5S/c1-15(8-7-13(16)17)21(18,19)14-9-11-5-3-4-6-12(11)10-20-2/h3-6,14H,7-10H2,1-2H3,(H,16,17). The highest BCUT2D eigenvalue weighted by Crippen LogP contribution is 2.10. The van der Waals surface area contributed by atoms with E-state index >= 15 is 0 Å². The number of nitrogens with one attached hydrogen (secondary N) is 1. The Labute approximate surface area is 124 Å². The zero-order valence-electron chi connectivity index (χ0n) is 12.1. The zero-order valence-corrected chi connectivity index (χ0v) is 12.9. The summed E-state index contributed by atoms with van der Waals surface area (Å²) in [4.78, 5) is 10.5. The molecular weight excluding hydrogens is 296 g/mol. The summed E-state index contributed by atoms with van der Waals surface area (Å²) in [6.45, 7) is 0.441. The smallest absolute Gasteiger partial charge is 0.304 e. The van der Waals surface area contributed by atoms with Crippen molar-refractivity contribution >= 4 is 16.2 Å². The first-order chi connectivity index (χ1) is 9.86. The quantitative estimate of drug-likeness (QED) is 0.694. The van der Waals surface area contributed by atoms with Crippen molar-refractivity contribution in [2.75, 3.05) is 20.7 Å². The molecule has 0 atom stereocenters. The molecule has 0 bridgehead atoms. The van der Waals surface area contributed by atoms with E-state index in [0.717, 1.165) is 15.4 Å². The zero-order chi connectivity index (χ0) is 15.9. The second-order valence-electron chi connectivity index (χ2n) is 4.49. The molecule has 0 unspecified atom stereocenters. The summed E-state index contributed by atoms with van der Waals surface area (Å²) in [7, 11) is -0.797. The lowest BCUT2D eigenvalue weighted by Crippen LogP contribution is -2.39. The summed E-state index contributed by atoms with van der Waals surface area (Å²) >= 11 is 0. The van der Waals surface area contributed by atoms with Gasteiger partial charge in [-0.25, -0.2) is 0 Å². The fourth-order valence-electron chi connectivity index (χ4n) is 1.68. The lowest BCUT2D eigenvalue weighted by atomic mass is 10.1. The fourth-order valence-corrected chi connectivity index (χ4v) is 2.57. The minimum Gasteiger partial charge on any atom is -0.481 e. The van der Waals surface area contributed by atoms with Crippen LogP contribution in [-0.2, 0) is 32.9 Å². The van der Waals surface area contributed by atoms with Gasteiger partial charge in [0.2, 0.25) is 0 Å². The van der Waals surface area contributed by atoms with E-state index in [2.05, 4.69) is 4.72 Å². The van der Waals surface area contributed by atoms with Crippen LogP contribution in [-0.4, -0.2) is 44.5 Å². The van der Waals surface area contributed by atoms with Crippen molar-refractivity contribution in [3.8, 4) is 0 Å². The van der Waals surface area contributed by atoms with Gasteiger partial charge in [0.15, 0.2) is 0 Å². The highest BCUT2D eigenvalue weighted by atomic mass is 32.2. The van der Waals surface area contributed by atoms with Gasteiger partial charge in [-0.2, -0.15) is 17.4 Å². The van der Waals surface area contributed by atoms with Gasteiger partial charge >= 0.3 is 5.97 Å². The molecule has 0 fully saturated rings. The third-order valence-electron chi connectivity index (χ3n) is 2.91. The molecule has 0 aliphatic rings. The van der Waals surface area contributed by atoms with Gasteiger partial charge in [0.25, 0.3) is 10.2 Å². The highest BCUT2D eigenvalue weighted by Gasteiger charge is 2.18. The Morgan fingerprint density at radius 2 is 1.95 bits per heavy atom. The molecule has 118 valence electrons. The average molecular weight is 316 g/mol. The van der Waals surface area contributed by atoms with Crippen molar-refractivity contribution < 1.29 is 23.1 Å². The molecule has 1 aromatic carbocycles. The maximum absolute atomic E-state index is 12.0. The van der Waals surface area contributed by atoms with Crippen LogP contribution in [0.15, 0.2) is 24.3 Å². The first-order valence-corrected chi connectivity index (χ1v) is 7.79. The van der Waals surface area contributed by atoms with E-state index in [-0.39, 0.29) is 19.5 Å². The van der Waals surface area contributed by atoms with Gasteiger partial charge in [-0.1, -0.05) is 24.3 Å². The van der Waals surface area contributed by atoms with Crippen molar-refractivity contribution in [1.82, 2.24) is 9.03 Å². The summed E-state index contributed by atoms with van der Waals surface area (Å²) in [6, 6.07) is 7.34. The number of hydrogen-bond acceptors (Lipinski definition) is 4. The van der Waals surface area contributed by atoms with Crippen LogP contribution in [0.2, 0.25) is 0 Å². The van der Waals surface area contributed by atoms with E-state index in [0.29, 0.717) is 6.61 Å². The summed E-state index contributed by atoms with van der Waals surface area (Å²) in [6.07, 6.45) is -0.238. The topological polar surface area (TPSA) is 95.9 Å². The Morgan fingerprint density at radius 1 is 1.33 bits per heavy atom. The molecule has 8 heteroatoms. The number of nitrogens with zero attached hydrogens (tertiary/aromatic N) is 1. The van der Waals surface area contributed by atoms with Crippen LogP contribution in [0.5, 0.6) is 0 Å². The molecular formula is C13H20N2O5S. The molecule has 0 heterocycles. The number of benzene rings is 1. The van der Waals surface area contributed by atoms with Crippen LogP contribution in [0, 0.1) is 0 Å². The number of hydrogen-bond donors (Lipinski definition) is 2. The summed E-state index contributed by atoms with van der Waals surface area (Å²) in [5, 5.41) is 8.58. The molecule has 0 saturated heterocycles. The second kappa shape index (κ2) is 8.08. The number of carboxylic acids is 1. The minimum atomic E-state index is -3.71. The number of methoxy groups -OCH3 is 1. The van der Waals surface area contributed by atoms with E-state index in [1.807, 2.05) is 24.3 Å². The maximum Gasteiger partial charge on any atom is 0.304 e. The van der Waals surface area contributed by atoms with E-state index in [1.54, 1.807) is 7.11 Å². The predicted octanol–water partition coefficient (Wildman–Crippen LogP) is 0.574. The second-order valence-corrected chi connectivity index (χ2v) is 6.36. The molecule has 2 N–H and O–H groups in total. The van der Waals surface area contributed by atoms with Gasteiger partial charge in [0.05, 0.1) is 13.0 Å². The first kappa shape index (κ1) is 17.6. The number of carbonyl (C=O) groups is 1. The molecule has 1 rings (SSSR count). The molecule has 0 aromatic heterocycles. The highest BCUT2D eigenvalue weighted by molar-refractivity contribution is 7.87. The summed E-state index contributed by atoms with van der Waals surface area (Å²) in [5.74, 6) is -1.04. The lowest BCUT2D eigenvalue weighted by molar-refractivity contribution is -0.137. The SMILES string of the molecule is COCc1ccccc1CNS(=O)(=O)N(C)CCC(=O)O. The Bertz CT molecular complexity index is 574. The number of rotatable bonds is 9. The molecule has 1 aromatic rings. The largest absolute Gasteiger partial charge is 0.481 e. The third-order valence-corrected chi connectivity index (χ3v) is 4.43. The van der Waals surface area contributed by atoms with Crippen molar-refractivity contribution in [3.05, 3.63) is 35.4 Å². The Balaban J connectivity index is 2.67. The van der Waals surface area contributed by atoms with Crippen LogP contribution >= 0.6 is 0 Å². The third kappa shape index (κ3) is 5.80. The number of aliphatic carboxylic acids is 1. The average Bonchev–Trinajstić information content (AvgIpc) is 2.44. The maximum atomic E-state index is 12.0.